The summed E-state index contributed by atoms with van der Waals surface area (Å²) in [6.07, 6.45) is 0.160. The van der Waals surface area contributed by atoms with Gasteiger partial charge in [-0.15, -0.1) is 0 Å². The molecule has 0 spiro atoms. The highest BCUT2D eigenvalue weighted by Gasteiger charge is 2.46. The molecule has 8 heteroatoms. The zero-order valence-corrected chi connectivity index (χ0v) is 16.4. The van der Waals surface area contributed by atoms with Crippen LogP contribution in [0.2, 0.25) is 5.02 Å². The Morgan fingerprint density at radius 2 is 1.72 bits per heavy atom. The van der Waals surface area contributed by atoms with E-state index < -0.39 is 12.0 Å². The molecule has 2 saturated heterocycles. The molecular formula is C21H20ClN3O4. The van der Waals surface area contributed by atoms with Gasteiger partial charge in [-0.05, 0) is 35.9 Å². The van der Waals surface area contributed by atoms with Crippen LogP contribution in [0.15, 0.2) is 48.5 Å². The van der Waals surface area contributed by atoms with E-state index in [1.807, 2.05) is 24.3 Å². The first kappa shape index (κ1) is 19.4. The van der Waals surface area contributed by atoms with Crippen LogP contribution in [0.25, 0.3) is 0 Å². The fourth-order valence-corrected chi connectivity index (χ4v) is 4.23. The van der Waals surface area contributed by atoms with Gasteiger partial charge in [-0.3, -0.25) is 9.59 Å². The van der Waals surface area contributed by atoms with Crippen molar-refractivity contribution in [3.8, 4) is 0 Å². The van der Waals surface area contributed by atoms with Crippen molar-refractivity contribution in [3.63, 3.8) is 0 Å². The maximum atomic E-state index is 13.0. The van der Waals surface area contributed by atoms with E-state index in [4.69, 9.17) is 11.6 Å². The monoisotopic (exact) mass is 413 g/mol. The van der Waals surface area contributed by atoms with Gasteiger partial charge in [0.2, 0.25) is 5.91 Å². The molecule has 1 atom stereocenters. The summed E-state index contributed by atoms with van der Waals surface area (Å²) in [6.45, 7) is 3.03. The Labute approximate surface area is 173 Å². The first-order chi connectivity index (χ1) is 13.9. The molecule has 29 heavy (non-hydrogen) atoms. The Kier molecular flexibility index (Phi) is 5.25. The molecule has 0 aromatic heterocycles. The molecule has 150 valence electrons. The van der Waals surface area contributed by atoms with Crippen LogP contribution in [-0.2, 0) is 9.59 Å². The highest BCUT2D eigenvalue weighted by Crippen LogP contribution is 2.23. The molecule has 7 nitrogen and oxygen atoms in total. The zero-order valence-electron chi connectivity index (χ0n) is 15.6. The molecule has 2 fully saturated rings. The van der Waals surface area contributed by atoms with Crippen molar-refractivity contribution in [3.05, 3.63) is 59.1 Å². The molecule has 0 aliphatic carbocycles. The molecule has 2 heterocycles. The van der Waals surface area contributed by atoms with E-state index in [-0.39, 0.29) is 23.8 Å². The second kappa shape index (κ2) is 7.85. The Morgan fingerprint density at radius 3 is 2.34 bits per heavy atom. The summed E-state index contributed by atoms with van der Waals surface area (Å²) in [6, 6.07) is 12.9. The SMILES string of the molecule is O=C([O-])c1ccc(N2C(=O)C[C@H]([NH+]3CCN(c4cccc(Cl)c4)CC3)C2=O)cc1. The van der Waals surface area contributed by atoms with Gasteiger partial charge in [0.1, 0.15) is 0 Å². The average molecular weight is 414 g/mol. The third kappa shape index (κ3) is 3.83. The summed E-state index contributed by atoms with van der Waals surface area (Å²) >= 11 is 6.08. The summed E-state index contributed by atoms with van der Waals surface area (Å²) in [7, 11) is 0. The third-order valence-corrected chi connectivity index (χ3v) is 5.81. The lowest BCUT2D eigenvalue weighted by Crippen LogP contribution is -3.19. The number of anilines is 2. The number of halogens is 1. The largest absolute Gasteiger partial charge is 0.545 e. The van der Waals surface area contributed by atoms with Crippen molar-refractivity contribution in [1.82, 2.24) is 0 Å². The number of aromatic carboxylic acids is 1. The summed E-state index contributed by atoms with van der Waals surface area (Å²) < 4.78 is 0. The number of carbonyl (C=O) groups is 3. The normalized spacial score (nSPS) is 20.4. The van der Waals surface area contributed by atoms with Crippen LogP contribution in [0.4, 0.5) is 11.4 Å². The number of nitrogens with zero attached hydrogens (tertiary/aromatic N) is 2. The molecule has 2 aromatic rings. The number of carboxylic acid groups (broad SMARTS) is 1. The first-order valence-corrected chi connectivity index (χ1v) is 9.85. The molecule has 1 N–H and O–H groups in total. The van der Waals surface area contributed by atoms with Crippen molar-refractivity contribution in [2.45, 2.75) is 12.5 Å². The number of rotatable bonds is 4. The number of benzene rings is 2. The van der Waals surface area contributed by atoms with Crippen LogP contribution >= 0.6 is 11.6 Å². The van der Waals surface area contributed by atoms with Gasteiger partial charge in [0.25, 0.3) is 5.91 Å². The van der Waals surface area contributed by atoms with Crippen molar-refractivity contribution < 1.29 is 24.4 Å². The third-order valence-electron chi connectivity index (χ3n) is 5.58. The maximum Gasteiger partial charge on any atom is 0.292 e. The Hall–Kier alpha value is -2.90. The molecule has 0 unspecified atom stereocenters. The zero-order chi connectivity index (χ0) is 20.5. The molecule has 2 aromatic carbocycles. The van der Waals surface area contributed by atoms with Crippen LogP contribution in [0, 0.1) is 0 Å². The Balaban J connectivity index is 1.43. The fraction of sp³-hybridized carbons (Fsp3) is 0.286. The van der Waals surface area contributed by atoms with Gasteiger partial charge in [0.05, 0.1) is 44.3 Å². The highest BCUT2D eigenvalue weighted by molar-refractivity contribution is 6.30. The summed E-state index contributed by atoms with van der Waals surface area (Å²) in [5.74, 6) is -1.79. The molecule has 2 aliphatic rings. The van der Waals surface area contributed by atoms with Gasteiger partial charge < -0.3 is 19.7 Å². The number of piperazine rings is 1. The molecule has 0 bridgehead atoms. The lowest BCUT2D eigenvalue weighted by Gasteiger charge is -2.35. The minimum atomic E-state index is -1.30. The number of hydrogen-bond donors (Lipinski definition) is 1. The van der Waals surface area contributed by atoms with Crippen molar-refractivity contribution in [2.24, 2.45) is 0 Å². The first-order valence-electron chi connectivity index (χ1n) is 9.47. The minimum Gasteiger partial charge on any atom is -0.545 e. The van der Waals surface area contributed by atoms with Crippen LogP contribution in [0.1, 0.15) is 16.8 Å². The van der Waals surface area contributed by atoms with Gasteiger partial charge in [0, 0.05) is 10.7 Å². The van der Waals surface area contributed by atoms with Crippen molar-refractivity contribution in [1.29, 1.82) is 0 Å². The van der Waals surface area contributed by atoms with E-state index in [0.717, 1.165) is 36.8 Å². The predicted octanol–water partition coefficient (Wildman–Crippen LogP) is -0.259. The number of quaternary nitrogens is 1. The number of carbonyl (C=O) groups excluding carboxylic acids is 3. The summed E-state index contributed by atoms with van der Waals surface area (Å²) in [5, 5.41) is 11.6. The number of nitrogens with one attached hydrogen (secondary N) is 1. The molecular weight excluding hydrogens is 394 g/mol. The van der Waals surface area contributed by atoms with Gasteiger partial charge in [-0.1, -0.05) is 29.8 Å². The number of hydrogen-bond acceptors (Lipinski definition) is 5. The average Bonchev–Trinajstić information content (AvgIpc) is 3.02. The minimum absolute atomic E-state index is 0.00663. The topological polar surface area (TPSA) is 85.2 Å². The van der Waals surface area contributed by atoms with Gasteiger partial charge >= 0.3 is 0 Å². The van der Waals surface area contributed by atoms with Crippen LogP contribution < -0.4 is 19.8 Å². The number of amides is 2. The molecule has 4 rings (SSSR count). The molecule has 0 radical (unpaired) electrons. The van der Waals surface area contributed by atoms with Gasteiger partial charge in [0.15, 0.2) is 6.04 Å². The van der Waals surface area contributed by atoms with E-state index in [0.29, 0.717) is 10.7 Å². The van der Waals surface area contributed by atoms with E-state index in [2.05, 4.69) is 4.90 Å². The van der Waals surface area contributed by atoms with Crippen LogP contribution in [0.3, 0.4) is 0 Å². The van der Waals surface area contributed by atoms with E-state index in [9.17, 15) is 19.5 Å². The molecule has 2 aliphatic heterocycles. The summed E-state index contributed by atoms with van der Waals surface area (Å²) in [4.78, 5) is 40.9. The molecule has 0 saturated carbocycles. The lowest BCUT2D eigenvalue weighted by molar-refractivity contribution is -0.915. The fourth-order valence-electron chi connectivity index (χ4n) is 4.04. The van der Waals surface area contributed by atoms with E-state index >= 15 is 0 Å². The Morgan fingerprint density at radius 1 is 1.03 bits per heavy atom. The Bertz CT molecular complexity index is 955. The number of carboxylic acids is 1. The standard InChI is InChI=1S/C21H20ClN3O4/c22-15-2-1-3-17(12-15)23-8-10-24(11-9-23)18-13-19(26)25(20(18)27)16-6-4-14(5-7-16)21(28)29/h1-7,12,18H,8-11,13H2,(H,28,29)/t18-/m0/s1. The van der Waals surface area contributed by atoms with Crippen molar-refractivity contribution in [2.75, 3.05) is 36.0 Å². The van der Waals surface area contributed by atoms with Gasteiger partial charge in [-0.25, -0.2) is 4.90 Å². The smallest absolute Gasteiger partial charge is 0.292 e. The van der Waals surface area contributed by atoms with Crippen molar-refractivity contribution >= 4 is 40.8 Å². The van der Waals surface area contributed by atoms with E-state index in [1.54, 1.807) is 0 Å². The quantitative estimate of drug-likeness (QED) is 0.698. The highest BCUT2D eigenvalue weighted by atomic mass is 35.5. The van der Waals surface area contributed by atoms with E-state index in [1.165, 1.54) is 29.2 Å². The van der Waals surface area contributed by atoms with Crippen LogP contribution in [-0.4, -0.2) is 50.0 Å². The number of imide groups is 1. The van der Waals surface area contributed by atoms with Gasteiger partial charge in [-0.2, -0.15) is 0 Å². The summed E-state index contributed by atoms with van der Waals surface area (Å²) in [5.41, 5.74) is 1.46. The molecule has 2 amide bonds. The second-order valence-corrected chi connectivity index (χ2v) is 7.72. The predicted molar refractivity (Wildman–Crippen MR) is 106 cm³/mol. The van der Waals surface area contributed by atoms with Crippen LogP contribution in [0.5, 0.6) is 0 Å². The second-order valence-electron chi connectivity index (χ2n) is 7.28. The maximum absolute atomic E-state index is 13.0. The lowest BCUT2D eigenvalue weighted by atomic mass is 10.1.